The first-order chi connectivity index (χ1) is 13.4. The summed E-state index contributed by atoms with van der Waals surface area (Å²) in [5.74, 6) is -1.69. The molecule has 28 heavy (non-hydrogen) atoms. The van der Waals surface area contributed by atoms with Gasteiger partial charge in [0.1, 0.15) is 0 Å². The lowest BCUT2D eigenvalue weighted by Crippen LogP contribution is -2.21. The standard InChI is InChI=1S/C22H24F2N2O2/c1-14(27)25-18-11-9-17(10-12-18)16-7-5-15(6-8-16)13-21(28)26-20-4-2-3-19(23)22(20)24/h2-4,9-12,15-16H,5-8,13H2,1H3,(H,25,27)(H,26,28). The van der Waals surface area contributed by atoms with E-state index in [0.29, 0.717) is 12.3 Å². The molecule has 1 fully saturated rings. The van der Waals surface area contributed by atoms with Gasteiger partial charge in [-0.05, 0) is 67.3 Å². The van der Waals surface area contributed by atoms with Crippen molar-refractivity contribution >= 4 is 23.2 Å². The van der Waals surface area contributed by atoms with Crippen molar-refractivity contribution in [2.24, 2.45) is 5.92 Å². The van der Waals surface area contributed by atoms with E-state index in [4.69, 9.17) is 0 Å². The van der Waals surface area contributed by atoms with Crippen LogP contribution in [0.25, 0.3) is 0 Å². The summed E-state index contributed by atoms with van der Waals surface area (Å²) in [6, 6.07) is 11.6. The van der Waals surface area contributed by atoms with E-state index in [-0.39, 0.29) is 23.4 Å². The largest absolute Gasteiger partial charge is 0.326 e. The van der Waals surface area contributed by atoms with Crippen LogP contribution in [0.4, 0.5) is 20.2 Å². The van der Waals surface area contributed by atoms with E-state index in [9.17, 15) is 18.4 Å². The molecule has 0 aromatic heterocycles. The number of hydrogen-bond donors (Lipinski definition) is 2. The molecule has 1 saturated carbocycles. The molecule has 4 nitrogen and oxygen atoms in total. The second kappa shape index (κ2) is 8.95. The molecule has 0 unspecified atom stereocenters. The van der Waals surface area contributed by atoms with Gasteiger partial charge in [0.25, 0.3) is 0 Å². The van der Waals surface area contributed by atoms with Gasteiger partial charge in [0.15, 0.2) is 11.6 Å². The molecule has 1 aliphatic rings. The van der Waals surface area contributed by atoms with Gasteiger partial charge < -0.3 is 10.6 Å². The number of amides is 2. The van der Waals surface area contributed by atoms with Crippen molar-refractivity contribution < 1.29 is 18.4 Å². The van der Waals surface area contributed by atoms with E-state index in [2.05, 4.69) is 10.6 Å². The molecule has 0 spiro atoms. The highest BCUT2D eigenvalue weighted by Crippen LogP contribution is 2.37. The fourth-order valence-electron chi connectivity index (χ4n) is 3.81. The van der Waals surface area contributed by atoms with Gasteiger partial charge in [0.05, 0.1) is 5.69 Å². The molecular formula is C22H24F2N2O2. The van der Waals surface area contributed by atoms with E-state index in [1.54, 1.807) is 0 Å². The van der Waals surface area contributed by atoms with Crippen molar-refractivity contribution in [2.75, 3.05) is 10.6 Å². The molecule has 2 aromatic carbocycles. The number of nitrogens with one attached hydrogen (secondary N) is 2. The predicted octanol–water partition coefficient (Wildman–Crippen LogP) is 5.23. The molecule has 0 radical (unpaired) electrons. The lowest BCUT2D eigenvalue weighted by molar-refractivity contribution is -0.117. The number of benzene rings is 2. The molecule has 148 valence electrons. The number of carbonyl (C=O) groups excluding carboxylic acids is 2. The van der Waals surface area contributed by atoms with Crippen LogP contribution in [0.15, 0.2) is 42.5 Å². The average Bonchev–Trinajstić information content (AvgIpc) is 2.66. The molecule has 0 bridgehead atoms. The molecule has 2 aromatic rings. The maximum Gasteiger partial charge on any atom is 0.224 e. The van der Waals surface area contributed by atoms with Crippen LogP contribution in [0.2, 0.25) is 0 Å². The number of carbonyl (C=O) groups is 2. The van der Waals surface area contributed by atoms with Crippen LogP contribution in [0, 0.1) is 17.6 Å². The zero-order valence-corrected chi connectivity index (χ0v) is 15.8. The van der Waals surface area contributed by atoms with Crippen molar-refractivity contribution in [2.45, 2.75) is 44.9 Å². The maximum atomic E-state index is 13.7. The van der Waals surface area contributed by atoms with Crippen LogP contribution >= 0.6 is 0 Å². The van der Waals surface area contributed by atoms with Crippen molar-refractivity contribution in [3.8, 4) is 0 Å². The van der Waals surface area contributed by atoms with Crippen molar-refractivity contribution in [1.82, 2.24) is 0 Å². The first kappa shape index (κ1) is 20.0. The van der Waals surface area contributed by atoms with Gasteiger partial charge in [-0.1, -0.05) is 18.2 Å². The zero-order chi connectivity index (χ0) is 20.1. The van der Waals surface area contributed by atoms with Gasteiger partial charge in [-0.2, -0.15) is 0 Å². The number of rotatable bonds is 5. The third-order valence-corrected chi connectivity index (χ3v) is 5.25. The molecule has 2 amide bonds. The minimum Gasteiger partial charge on any atom is -0.326 e. The summed E-state index contributed by atoms with van der Waals surface area (Å²) >= 11 is 0. The monoisotopic (exact) mass is 386 g/mol. The topological polar surface area (TPSA) is 58.2 Å². The quantitative estimate of drug-likeness (QED) is 0.740. The number of halogens is 2. The minimum absolute atomic E-state index is 0.0929. The Labute approximate surface area is 163 Å². The van der Waals surface area contributed by atoms with E-state index >= 15 is 0 Å². The highest BCUT2D eigenvalue weighted by molar-refractivity contribution is 5.91. The van der Waals surface area contributed by atoms with Gasteiger partial charge in [-0.15, -0.1) is 0 Å². The first-order valence-corrected chi connectivity index (χ1v) is 9.54. The lowest BCUT2D eigenvalue weighted by Gasteiger charge is -2.28. The normalized spacial score (nSPS) is 19.1. The van der Waals surface area contributed by atoms with Crippen LogP contribution in [-0.2, 0) is 9.59 Å². The Morgan fingerprint density at radius 2 is 1.64 bits per heavy atom. The summed E-state index contributed by atoms with van der Waals surface area (Å²) in [7, 11) is 0. The van der Waals surface area contributed by atoms with Gasteiger partial charge >= 0.3 is 0 Å². The summed E-state index contributed by atoms with van der Waals surface area (Å²) in [4.78, 5) is 23.3. The van der Waals surface area contributed by atoms with Crippen molar-refractivity contribution in [3.63, 3.8) is 0 Å². The van der Waals surface area contributed by atoms with Crippen LogP contribution < -0.4 is 10.6 Å². The highest BCUT2D eigenvalue weighted by atomic mass is 19.2. The molecular weight excluding hydrogens is 362 g/mol. The molecule has 3 rings (SSSR count). The summed E-state index contributed by atoms with van der Waals surface area (Å²) in [5.41, 5.74) is 1.91. The minimum atomic E-state index is -1.03. The molecule has 2 N–H and O–H groups in total. The second-order valence-electron chi connectivity index (χ2n) is 7.37. The number of hydrogen-bond acceptors (Lipinski definition) is 2. The fraction of sp³-hybridized carbons (Fsp3) is 0.364. The Bertz CT molecular complexity index is 844. The Morgan fingerprint density at radius 1 is 0.964 bits per heavy atom. The van der Waals surface area contributed by atoms with Crippen LogP contribution in [0.1, 0.15) is 50.5 Å². The van der Waals surface area contributed by atoms with Gasteiger partial charge in [-0.3, -0.25) is 9.59 Å². The Kier molecular flexibility index (Phi) is 6.39. The molecule has 6 heteroatoms. The average molecular weight is 386 g/mol. The lowest BCUT2D eigenvalue weighted by atomic mass is 9.77. The fourth-order valence-corrected chi connectivity index (χ4v) is 3.81. The number of anilines is 2. The Morgan fingerprint density at radius 3 is 2.29 bits per heavy atom. The molecule has 1 aliphatic carbocycles. The third-order valence-electron chi connectivity index (χ3n) is 5.25. The summed E-state index contributed by atoms with van der Waals surface area (Å²) in [6.07, 6.45) is 4.09. The van der Waals surface area contributed by atoms with Crippen molar-refractivity contribution in [1.29, 1.82) is 0 Å². The second-order valence-corrected chi connectivity index (χ2v) is 7.37. The summed E-state index contributed by atoms with van der Waals surface area (Å²) in [5, 5.41) is 5.23. The van der Waals surface area contributed by atoms with Gasteiger partial charge in [-0.25, -0.2) is 8.78 Å². The molecule has 0 heterocycles. The van der Waals surface area contributed by atoms with E-state index < -0.39 is 11.6 Å². The first-order valence-electron chi connectivity index (χ1n) is 9.54. The third kappa shape index (κ3) is 5.15. The van der Waals surface area contributed by atoms with Crippen molar-refractivity contribution in [3.05, 3.63) is 59.7 Å². The van der Waals surface area contributed by atoms with Crippen LogP contribution in [-0.4, -0.2) is 11.8 Å². The Hall–Kier alpha value is -2.76. The predicted molar refractivity (Wildman–Crippen MR) is 105 cm³/mol. The zero-order valence-electron chi connectivity index (χ0n) is 15.8. The summed E-state index contributed by atoms with van der Waals surface area (Å²) < 4.78 is 26.9. The molecule has 0 atom stereocenters. The van der Waals surface area contributed by atoms with E-state index in [1.165, 1.54) is 24.6 Å². The SMILES string of the molecule is CC(=O)Nc1ccc(C2CCC(CC(=O)Nc3cccc(F)c3F)CC2)cc1. The van der Waals surface area contributed by atoms with E-state index in [0.717, 1.165) is 37.4 Å². The smallest absolute Gasteiger partial charge is 0.224 e. The van der Waals surface area contributed by atoms with Gasteiger partial charge in [0.2, 0.25) is 11.8 Å². The van der Waals surface area contributed by atoms with Crippen LogP contribution in [0.3, 0.4) is 0 Å². The van der Waals surface area contributed by atoms with Gasteiger partial charge in [0, 0.05) is 19.0 Å². The highest BCUT2D eigenvalue weighted by Gasteiger charge is 2.24. The molecule has 0 saturated heterocycles. The molecule has 0 aliphatic heterocycles. The maximum absolute atomic E-state index is 13.7. The Balaban J connectivity index is 1.49. The van der Waals surface area contributed by atoms with Crippen LogP contribution in [0.5, 0.6) is 0 Å². The summed E-state index contributed by atoms with van der Waals surface area (Å²) in [6.45, 7) is 1.48. The van der Waals surface area contributed by atoms with E-state index in [1.807, 2.05) is 24.3 Å².